The second-order valence-electron chi connectivity index (χ2n) is 3.37. The number of carbonyl (C=O) groups excluding carboxylic acids is 1. The first-order valence-electron chi connectivity index (χ1n) is 4.92. The standard InChI is InChI=1S/C11H12BrN3O/c1-8(12)4-5-14-11(16)10-3-2-9(6-13)7-15-10/h2-3,7-8H,4-5H2,1H3,(H,14,16). The molecule has 0 aliphatic heterocycles. The van der Waals surface area contributed by atoms with E-state index in [0.29, 0.717) is 22.6 Å². The van der Waals surface area contributed by atoms with Crippen LogP contribution in [0.4, 0.5) is 0 Å². The molecule has 0 radical (unpaired) electrons. The summed E-state index contributed by atoms with van der Waals surface area (Å²) >= 11 is 3.40. The highest BCUT2D eigenvalue weighted by Crippen LogP contribution is 2.02. The van der Waals surface area contributed by atoms with Gasteiger partial charge in [0.05, 0.1) is 5.56 Å². The van der Waals surface area contributed by atoms with Crippen LogP contribution in [0.1, 0.15) is 29.4 Å². The minimum absolute atomic E-state index is 0.211. The summed E-state index contributed by atoms with van der Waals surface area (Å²) in [4.78, 5) is 15.8. The van der Waals surface area contributed by atoms with E-state index < -0.39 is 0 Å². The van der Waals surface area contributed by atoms with E-state index in [9.17, 15) is 4.79 Å². The van der Waals surface area contributed by atoms with Crippen molar-refractivity contribution in [3.05, 3.63) is 29.6 Å². The van der Waals surface area contributed by atoms with Gasteiger partial charge in [-0.2, -0.15) is 5.26 Å². The summed E-state index contributed by atoms with van der Waals surface area (Å²) < 4.78 is 0. The normalized spacial score (nSPS) is 11.6. The zero-order valence-electron chi connectivity index (χ0n) is 8.90. The van der Waals surface area contributed by atoms with Crippen LogP contribution >= 0.6 is 15.9 Å². The number of rotatable bonds is 4. The molecule has 1 aromatic heterocycles. The van der Waals surface area contributed by atoms with Crippen molar-refractivity contribution in [1.29, 1.82) is 5.26 Å². The molecule has 1 amide bonds. The quantitative estimate of drug-likeness (QED) is 0.857. The van der Waals surface area contributed by atoms with Crippen molar-refractivity contribution in [1.82, 2.24) is 10.3 Å². The zero-order valence-corrected chi connectivity index (χ0v) is 10.5. The molecule has 16 heavy (non-hydrogen) atoms. The van der Waals surface area contributed by atoms with Crippen molar-refractivity contribution in [2.45, 2.75) is 18.2 Å². The smallest absolute Gasteiger partial charge is 0.269 e. The van der Waals surface area contributed by atoms with Crippen LogP contribution in [0.25, 0.3) is 0 Å². The van der Waals surface area contributed by atoms with Crippen LogP contribution in [0.2, 0.25) is 0 Å². The topological polar surface area (TPSA) is 65.8 Å². The van der Waals surface area contributed by atoms with Crippen LogP contribution in [-0.2, 0) is 0 Å². The van der Waals surface area contributed by atoms with E-state index in [0.717, 1.165) is 6.42 Å². The van der Waals surface area contributed by atoms with Gasteiger partial charge in [0.25, 0.3) is 5.91 Å². The first kappa shape index (κ1) is 12.7. The molecule has 0 saturated carbocycles. The number of hydrogen-bond acceptors (Lipinski definition) is 3. The van der Waals surface area contributed by atoms with Crippen LogP contribution in [-0.4, -0.2) is 22.3 Å². The van der Waals surface area contributed by atoms with Crippen LogP contribution < -0.4 is 5.32 Å². The molecule has 5 heteroatoms. The molecule has 0 aliphatic rings. The lowest BCUT2D eigenvalue weighted by molar-refractivity contribution is 0.0948. The van der Waals surface area contributed by atoms with Crippen molar-refractivity contribution in [3.63, 3.8) is 0 Å². The van der Waals surface area contributed by atoms with Crippen molar-refractivity contribution in [2.75, 3.05) is 6.54 Å². The molecule has 1 atom stereocenters. The summed E-state index contributed by atoms with van der Waals surface area (Å²) in [6, 6.07) is 5.08. The van der Waals surface area contributed by atoms with Gasteiger partial charge in [-0.1, -0.05) is 22.9 Å². The van der Waals surface area contributed by atoms with Gasteiger partial charge in [0.15, 0.2) is 0 Å². The number of nitrogens with zero attached hydrogens (tertiary/aromatic N) is 2. The fourth-order valence-corrected chi connectivity index (χ4v) is 1.30. The second-order valence-corrected chi connectivity index (χ2v) is 4.93. The molecule has 0 spiro atoms. The maximum absolute atomic E-state index is 11.6. The van der Waals surface area contributed by atoms with Gasteiger partial charge in [-0.25, -0.2) is 4.98 Å². The molecule has 4 nitrogen and oxygen atoms in total. The Kier molecular flexibility index (Phi) is 4.93. The summed E-state index contributed by atoms with van der Waals surface area (Å²) in [6.45, 7) is 2.62. The molecule has 0 saturated heterocycles. The lowest BCUT2D eigenvalue weighted by Gasteiger charge is -2.05. The first-order chi connectivity index (χ1) is 7.63. The second kappa shape index (κ2) is 6.23. The number of hydrogen-bond donors (Lipinski definition) is 1. The van der Waals surface area contributed by atoms with E-state index in [1.54, 1.807) is 12.1 Å². The molecule has 0 bridgehead atoms. The van der Waals surface area contributed by atoms with Crippen LogP contribution in [0.15, 0.2) is 18.3 Å². The number of amides is 1. The monoisotopic (exact) mass is 281 g/mol. The van der Waals surface area contributed by atoms with Gasteiger partial charge in [0.2, 0.25) is 0 Å². The number of halogens is 1. The average molecular weight is 282 g/mol. The van der Waals surface area contributed by atoms with Crippen LogP contribution in [0, 0.1) is 11.3 Å². The number of aromatic nitrogens is 1. The molecule has 84 valence electrons. The summed E-state index contributed by atoms with van der Waals surface area (Å²) in [5.41, 5.74) is 0.784. The Morgan fingerprint density at radius 1 is 1.69 bits per heavy atom. The molecular formula is C11H12BrN3O. The number of carbonyl (C=O) groups is 1. The van der Waals surface area contributed by atoms with Gasteiger partial charge in [0, 0.05) is 17.6 Å². The number of nitrogens with one attached hydrogen (secondary N) is 1. The lowest BCUT2D eigenvalue weighted by Crippen LogP contribution is -2.26. The van der Waals surface area contributed by atoms with E-state index >= 15 is 0 Å². The Bertz CT molecular complexity index is 395. The number of nitriles is 1. The van der Waals surface area contributed by atoms with Crippen molar-refractivity contribution < 1.29 is 4.79 Å². The van der Waals surface area contributed by atoms with Gasteiger partial charge in [-0.05, 0) is 18.6 Å². The maximum Gasteiger partial charge on any atom is 0.269 e. The molecule has 1 rings (SSSR count). The third kappa shape index (κ3) is 3.99. The summed E-state index contributed by atoms with van der Waals surface area (Å²) in [6.07, 6.45) is 2.25. The van der Waals surface area contributed by atoms with E-state index in [2.05, 4.69) is 26.2 Å². The largest absolute Gasteiger partial charge is 0.351 e. The average Bonchev–Trinajstić information content (AvgIpc) is 2.28. The molecule has 1 heterocycles. The Morgan fingerprint density at radius 2 is 2.44 bits per heavy atom. The Morgan fingerprint density at radius 3 is 2.94 bits per heavy atom. The highest BCUT2D eigenvalue weighted by Gasteiger charge is 2.06. The van der Waals surface area contributed by atoms with Crippen LogP contribution in [0.3, 0.4) is 0 Å². The fraction of sp³-hybridized carbons (Fsp3) is 0.364. The maximum atomic E-state index is 11.6. The molecule has 0 aromatic carbocycles. The third-order valence-electron chi connectivity index (χ3n) is 1.95. The minimum Gasteiger partial charge on any atom is -0.351 e. The molecule has 0 aliphatic carbocycles. The fourth-order valence-electron chi connectivity index (χ4n) is 1.07. The predicted octanol–water partition coefficient (Wildman–Crippen LogP) is 1.86. The van der Waals surface area contributed by atoms with Crippen molar-refractivity contribution in [2.24, 2.45) is 0 Å². The highest BCUT2D eigenvalue weighted by atomic mass is 79.9. The third-order valence-corrected chi connectivity index (χ3v) is 2.41. The van der Waals surface area contributed by atoms with E-state index in [1.165, 1.54) is 6.20 Å². The SMILES string of the molecule is CC(Br)CCNC(=O)c1ccc(C#N)cn1. The predicted molar refractivity (Wildman–Crippen MR) is 64.3 cm³/mol. The van der Waals surface area contributed by atoms with E-state index in [-0.39, 0.29) is 5.91 Å². The van der Waals surface area contributed by atoms with Gasteiger partial charge in [0.1, 0.15) is 11.8 Å². The van der Waals surface area contributed by atoms with Gasteiger partial charge in [-0.3, -0.25) is 4.79 Å². The first-order valence-corrected chi connectivity index (χ1v) is 5.83. The summed E-state index contributed by atoms with van der Waals surface area (Å²) in [5.74, 6) is -0.211. The molecule has 0 fully saturated rings. The highest BCUT2D eigenvalue weighted by molar-refractivity contribution is 9.09. The van der Waals surface area contributed by atoms with Gasteiger partial charge >= 0.3 is 0 Å². The van der Waals surface area contributed by atoms with Gasteiger partial charge in [-0.15, -0.1) is 0 Å². The molecular weight excluding hydrogens is 270 g/mol. The van der Waals surface area contributed by atoms with E-state index in [1.807, 2.05) is 13.0 Å². The lowest BCUT2D eigenvalue weighted by atomic mass is 10.2. The Labute approximate surface area is 103 Å². The molecule has 1 N–H and O–H groups in total. The minimum atomic E-state index is -0.211. The Hall–Kier alpha value is -1.41. The van der Waals surface area contributed by atoms with Crippen molar-refractivity contribution >= 4 is 21.8 Å². The Balaban J connectivity index is 2.50. The number of pyridine rings is 1. The zero-order chi connectivity index (χ0) is 12.0. The summed E-state index contributed by atoms with van der Waals surface area (Å²) in [5, 5.41) is 11.3. The van der Waals surface area contributed by atoms with Crippen LogP contribution in [0.5, 0.6) is 0 Å². The molecule has 1 unspecified atom stereocenters. The molecule has 1 aromatic rings. The van der Waals surface area contributed by atoms with Gasteiger partial charge < -0.3 is 5.32 Å². The number of alkyl halides is 1. The van der Waals surface area contributed by atoms with Crippen molar-refractivity contribution in [3.8, 4) is 6.07 Å². The summed E-state index contributed by atoms with van der Waals surface area (Å²) in [7, 11) is 0. The van der Waals surface area contributed by atoms with E-state index in [4.69, 9.17) is 5.26 Å².